The van der Waals surface area contributed by atoms with E-state index < -0.39 is 0 Å². The molecule has 0 bridgehead atoms. The van der Waals surface area contributed by atoms with Crippen molar-refractivity contribution in [2.45, 2.75) is 0 Å². The first kappa shape index (κ1) is 7.84. The summed E-state index contributed by atoms with van der Waals surface area (Å²) in [6.07, 6.45) is 0. The molecule has 0 aromatic heterocycles. The van der Waals surface area contributed by atoms with Crippen molar-refractivity contribution in [1.82, 2.24) is 5.32 Å². The van der Waals surface area contributed by atoms with Gasteiger partial charge in [-0.1, -0.05) is 15.9 Å². The Morgan fingerprint density at radius 3 is 3.00 bits per heavy atom. The summed E-state index contributed by atoms with van der Waals surface area (Å²) in [6.45, 7) is 0.963. The van der Waals surface area contributed by atoms with Gasteiger partial charge in [-0.15, -0.1) is 4.91 Å². The quantitative estimate of drug-likeness (QED) is 0.223. The molecule has 4 nitrogen and oxygen atoms in total. The largest absolute Gasteiger partial charge is 0.348 e. The van der Waals surface area contributed by atoms with E-state index in [9.17, 15) is 4.91 Å². The van der Waals surface area contributed by atoms with Crippen molar-refractivity contribution in [3.63, 3.8) is 0 Å². The third-order valence-corrected chi connectivity index (χ3v) is 0.887. The van der Waals surface area contributed by atoms with Crippen LogP contribution in [-0.4, -0.2) is 18.6 Å². The smallest absolute Gasteiger partial charge is 0.171 e. The maximum absolute atomic E-state index is 9.24. The summed E-state index contributed by atoms with van der Waals surface area (Å²) in [4.78, 5) is 13.3. The van der Waals surface area contributed by atoms with E-state index in [0.29, 0.717) is 0 Å². The molecule has 0 aromatic rings. The fourth-order valence-electron chi connectivity index (χ4n) is 0.211. The summed E-state index contributed by atoms with van der Waals surface area (Å²) in [6, 6.07) is 0. The summed E-state index contributed by atoms with van der Waals surface area (Å²) in [5, 5.41) is 5.80. The zero-order chi connectivity index (χ0) is 6.24. The lowest BCUT2D eigenvalue weighted by molar-refractivity contribution is 0.123. The molecule has 0 saturated heterocycles. The summed E-state index contributed by atoms with van der Waals surface area (Å²) < 4.78 is 0. The van der Waals surface area contributed by atoms with Crippen molar-refractivity contribution in [2.24, 2.45) is 5.34 Å². The fourth-order valence-corrected chi connectivity index (χ4v) is 0.491. The lowest BCUT2D eigenvalue weighted by Gasteiger charge is -1.94. The average Bonchev–Trinajstić information content (AvgIpc) is 1.81. The van der Waals surface area contributed by atoms with Crippen LogP contribution in [0.1, 0.15) is 0 Å². The summed E-state index contributed by atoms with van der Waals surface area (Å²) >= 11 is 3.17. The summed E-state index contributed by atoms with van der Waals surface area (Å²) in [5.41, 5.74) is 0. The van der Waals surface area contributed by atoms with Gasteiger partial charge in [0.05, 0.1) is 0 Å². The van der Waals surface area contributed by atoms with Crippen LogP contribution in [0.5, 0.6) is 0 Å². The van der Waals surface area contributed by atoms with Gasteiger partial charge in [0, 0.05) is 11.9 Å². The van der Waals surface area contributed by atoms with Crippen molar-refractivity contribution in [1.29, 1.82) is 0 Å². The fraction of sp³-hybridized carbons (Fsp3) is 1.00. The Morgan fingerprint density at radius 1 is 1.75 bits per heavy atom. The second kappa shape index (κ2) is 6.84. The average molecular weight is 183 g/mol. The molecule has 0 fully saturated rings. The molecule has 8 heavy (non-hydrogen) atoms. The van der Waals surface area contributed by atoms with E-state index in [1.807, 2.05) is 0 Å². The number of halogens is 1. The summed E-state index contributed by atoms with van der Waals surface area (Å²) in [5.74, 6) is 0. The first-order valence-electron chi connectivity index (χ1n) is 2.13. The van der Waals surface area contributed by atoms with Gasteiger partial charge in [-0.05, 0) is 0 Å². The molecule has 0 rings (SSSR count). The minimum atomic E-state index is 0.190. The Labute approximate surface area is 55.6 Å². The van der Waals surface area contributed by atoms with Crippen molar-refractivity contribution in [3.05, 3.63) is 4.91 Å². The molecule has 0 aliphatic carbocycles. The van der Waals surface area contributed by atoms with Crippen LogP contribution in [0.4, 0.5) is 0 Å². The van der Waals surface area contributed by atoms with Gasteiger partial charge in [0.2, 0.25) is 0 Å². The number of alkyl halides is 1. The van der Waals surface area contributed by atoms with E-state index in [-0.39, 0.29) is 6.73 Å². The predicted molar refractivity (Wildman–Crippen MR) is 33.5 cm³/mol. The molecule has 0 aromatic carbocycles. The van der Waals surface area contributed by atoms with Crippen LogP contribution in [0.25, 0.3) is 0 Å². The molecule has 0 aliphatic rings. The SMILES string of the molecule is O=NOCNCCBr. The molecule has 0 unspecified atom stereocenters. The molecule has 5 heteroatoms. The number of hydrogen-bond donors (Lipinski definition) is 1. The van der Waals surface area contributed by atoms with Gasteiger partial charge in [0.15, 0.2) is 12.1 Å². The van der Waals surface area contributed by atoms with Crippen LogP contribution >= 0.6 is 15.9 Å². The number of nitrogens with zero attached hydrogens (tertiary/aromatic N) is 1. The summed E-state index contributed by atoms with van der Waals surface area (Å²) in [7, 11) is 0. The number of nitrogens with one attached hydrogen (secondary N) is 1. The Kier molecular flexibility index (Phi) is 6.70. The van der Waals surface area contributed by atoms with Gasteiger partial charge in [0.1, 0.15) is 0 Å². The zero-order valence-corrected chi connectivity index (χ0v) is 5.85. The Morgan fingerprint density at radius 2 is 2.50 bits per heavy atom. The van der Waals surface area contributed by atoms with E-state index in [2.05, 4.69) is 31.4 Å². The second-order valence-corrected chi connectivity index (χ2v) is 1.83. The lowest BCUT2D eigenvalue weighted by atomic mass is 10.8. The van der Waals surface area contributed by atoms with Gasteiger partial charge in [-0.3, -0.25) is 5.32 Å². The van der Waals surface area contributed by atoms with Crippen LogP contribution in [0.3, 0.4) is 0 Å². The molecule has 1 N–H and O–H groups in total. The van der Waals surface area contributed by atoms with Crippen molar-refractivity contribution < 1.29 is 4.84 Å². The first-order chi connectivity index (χ1) is 3.91. The zero-order valence-electron chi connectivity index (χ0n) is 4.26. The van der Waals surface area contributed by atoms with Gasteiger partial charge >= 0.3 is 0 Å². The molecule has 0 aliphatic heterocycles. The standard InChI is InChI=1S/C3H7BrN2O2/c4-1-2-5-3-8-6-7/h5H,1-3H2. The van der Waals surface area contributed by atoms with E-state index >= 15 is 0 Å². The topological polar surface area (TPSA) is 50.7 Å². The van der Waals surface area contributed by atoms with E-state index in [0.717, 1.165) is 11.9 Å². The highest BCUT2D eigenvalue weighted by Gasteiger charge is 1.80. The highest BCUT2D eigenvalue weighted by Crippen LogP contribution is 1.74. The van der Waals surface area contributed by atoms with Crippen LogP contribution < -0.4 is 5.32 Å². The van der Waals surface area contributed by atoms with Crippen molar-refractivity contribution in [3.8, 4) is 0 Å². The highest BCUT2D eigenvalue weighted by atomic mass is 79.9. The predicted octanol–water partition coefficient (Wildman–Crippen LogP) is 0.626. The Bertz CT molecular complexity index is 61.2. The van der Waals surface area contributed by atoms with E-state index in [1.54, 1.807) is 0 Å². The van der Waals surface area contributed by atoms with Gasteiger partial charge in [-0.2, -0.15) is 0 Å². The molecule has 0 amide bonds. The number of hydrogen-bond acceptors (Lipinski definition) is 4. The molecule has 0 atom stereocenters. The Balaban J connectivity index is 2.62. The minimum absolute atomic E-state index is 0.190. The Hall–Kier alpha value is -0.160. The van der Waals surface area contributed by atoms with Gasteiger partial charge in [-0.25, -0.2) is 0 Å². The van der Waals surface area contributed by atoms with Crippen molar-refractivity contribution >= 4 is 15.9 Å². The molecule has 0 spiro atoms. The van der Waals surface area contributed by atoms with Crippen LogP contribution in [-0.2, 0) is 4.84 Å². The van der Waals surface area contributed by atoms with E-state index in [1.165, 1.54) is 0 Å². The third-order valence-electron chi connectivity index (χ3n) is 0.491. The molecular weight excluding hydrogens is 176 g/mol. The van der Waals surface area contributed by atoms with Crippen LogP contribution in [0, 0.1) is 4.91 Å². The second-order valence-electron chi connectivity index (χ2n) is 1.04. The van der Waals surface area contributed by atoms with Crippen LogP contribution in [0.15, 0.2) is 5.34 Å². The van der Waals surface area contributed by atoms with E-state index in [4.69, 9.17) is 0 Å². The maximum Gasteiger partial charge on any atom is 0.171 e. The van der Waals surface area contributed by atoms with Gasteiger partial charge < -0.3 is 4.84 Å². The number of rotatable bonds is 5. The first-order valence-corrected chi connectivity index (χ1v) is 3.25. The minimum Gasteiger partial charge on any atom is -0.348 e. The molecule has 0 saturated carbocycles. The highest BCUT2D eigenvalue weighted by molar-refractivity contribution is 9.09. The van der Waals surface area contributed by atoms with Gasteiger partial charge in [0.25, 0.3) is 0 Å². The lowest BCUT2D eigenvalue weighted by Crippen LogP contribution is -2.18. The monoisotopic (exact) mass is 182 g/mol. The molecule has 48 valence electrons. The van der Waals surface area contributed by atoms with Crippen molar-refractivity contribution in [2.75, 3.05) is 18.6 Å². The molecule has 0 heterocycles. The maximum atomic E-state index is 9.24. The third kappa shape index (κ3) is 5.84. The van der Waals surface area contributed by atoms with Crippen LogP contribution in [0.2, 0.25) is 0 Å². The normalized spacial score (nSPS) is 8.62. The molecular formula is C3H7BrN2O2. The molecule has 0 radical (unpaired) electrons.